The molecule has 0 heterocycles. The van der Waals surface area contributed by atoms with Crippen LogP contribution in [0.4, 0.5) is 0 Å². The van der Waals surface area contributed by atoms with E-state index in [0.29, 0.717) is 12.0 Å². The van der Waals surface area contributed by atoms with E-state index in [-0.39, 0.29) is 0 Å². The fraction of sp³-hybridized carbons (Fsp3) is 0.643. The molecule has 17 heavy (non-hydrogen) atoms. The lowest BCUT2D eigenvalue weighted by atomic mass is 10.0. The zero-order valence-corrected chi connectivity index (χ0v) is 12.6. The second kappa shape index (κ2) is 12.1. The molecular weight excluding hydrogens is 331 g/mol. The van der Waals surface area contributed by atoms with E-state index in [1.165, 1.54) is 38.5 Å². The van der Waals surface area contributed by atoms with Crippen molar-refractivity contribution in [3.05, 3.63) is 22.3 Å². The maximum Gasteiger partial charge on any atom is 0.330 e. The lowest BCUT2D eigenvalue weighted by Gasteiger charge is -2.01. The summed E-state index contributed by atoms with van der Waals surface area (Å²) in [4.78, 5) is 10.5. The first-order chi connectivity index (χ1) is 8.18. The molecule has 0 atom stereocenters. The molecule has 0 aliphatic heterocycles. The lowest BCUT2D eigenvalue weighted by molar-refractivity contribution is -0.132. The summed E-state index contributed by atoms with van der Waals surface area (Å²) in [6.45, 7) is 3.52. The van der Waals surface area contributed by atoms with Crippen LogP contribution in [-0.4, -0.2) is 11.1 Å². The Kier molecular flexibility index (Phi) is 11.9. The van der Waals surface area contributed by atoms with Crippen LogP contribution in [0.1, 0.15) is 57.8 Å². The smallest absolute Gasteiger partial charge is 0.330 e. The zero-order valence-electron chi connectivity index (χ0n) is 10.5. The van der Waals surface area contributed by atoms with Gasteiger partial charge in [-0.25, -0.2) is 4.79 Å². The molecule has 0 rings (SSSR count). The minimum absolute atomic E-state index is 0.343. The van der Waals surface area contributed by atoms with Crippen molar-refractivity contribution in [3.63, 3.8) is 0 Å². The van der Waals surface area contributed by atoms with Crippen molar-refractivity contribution >= 4 is 28.6 Å². The molecule has 3 heteroatoms. The Labute approximate surface area is 118 Å². The second-order valence-electron chi connectivity index (χ2n) is 4.28. The Balaban J connectivity index is 3.13. The predicted octanol–water partition coefficient (Wildman–Crippen LogP) is 5.09. The van der Waals surface area contributed by atoms with Gasteiger partial charge in [-0.15, -0.1) is 0 Å². The lowest BCUT2D eigenvalue weighted by Crippen LogP contribution is -1.98. The SMILES string of the molecule is C=C(CCCCCCCCC/C=C/[131I])C(=O)O. The molecule has 0 spiro atoms. The van der Waals surface area contributed by atoms with E-state index in [2.05, 4.69) is 39.3 Å². The standard InChI is InChI=1S/C14H23IO2/c1-13(14(16)17)11-9-7-5-3-2-4-6-8-10-12-15/h10,12H,1-9,11H2,(H,16,17)/b12-10+/i15+4. The minimum Gasteiger partial charge on any atom is -0.478 e. The van der Waals surface area contributed by atoms with E-state index in [9.17, 15) is 4.79 Å². The van der Waals surface area contributed by atoms with Crippen LogP contribution in [0.15, 0.2) is 22.3 Å². The fourth-order valence-corrected chi connectivity index (χ4v) is 2.01. The van der Waals surface area contributed by atoms with E-state index < -0.39 is 5.97 Å². The third-order valence-corrected chi connectivity index (χ3v) is 3.25. The predicted molar refractivity (Wildman–Crippen MR) is 81.5 cm³/mol. The van der Waals surface area contributed by atoms with Gasteiger partial charge >= 0.3 is 5.97 Å². The van der Waals surface area contributed by atoms with E-state index in [4.69, 9.17) is 5.11 Å². The highest BCUT2D eigenvalue weighted by atomic mass is 131. The first-order valence-electron chi connectivity index (χ1n) is 6.34. The summed E-state index contributed by atoms with van der Waals surface area (Å²) in [7, 11) is 0. The van der Waals surface area contributed by atoms with Gasteiger partial charge in [0, 0.05) is 5.57 Å². The number of unbranched alkanes of at least 4 members (excludes halogenated alkanes) is 7. The van der Waals surface area contributed by atoms with Gasteiger partial charge in [-0.3, -0.25) is 0 Å². The van der Waals surface area contributed by atoms with Crippen LogP contribution in [-0.2, 0) is 4.79 Å². The van der Waals surface area contributed by atoms with Crippen LogP contribution >= 0.6 is 22.6 Å². The van der Waals surface area contributed by atoms with Gasteiger partial charge in [0.25, 0.3) is 0 Å². The topological polar surface area (TPSA) is 37.3 Å². The number of aliphatic carboxylic acids is 1. The average molecular weight is 354 g/mol. The maximum absolute atomic E-state index is 10.5. The molecule has 98 valence electrons. The van der Waals surface area contributed by atoms with Crippen LogP contribution in [0.25, 0.3) is 0 Å². The number of carboxylic acid groups (broad SMARTS) is 1. The van der Waals surface area contributed by atoms with Crippen molar-refractivity contribution in [2.24, 2.45) is 0 Å². The van der Waals surface area contributed by atoms with Crippen molar-refractivity contribution in [1.29, 1.82) is 0 Å². The quantitative estimate of drug-likeness (QED) is 0.319. The molecule has 0 bridgehead atoms. The van der Waals surface area contributed by atoms with Gasteiger partial charge in [0.05, 0.1) is 0 Å². The first-order valence-corrected chi connectivity index (χ1v) is 7.59. The van der Waals surface area contributed by atoms with Crippen molar-refractivity contribution in [2.75, 3.05) is 0 Å². The summed E-state index contributed by atoms with van der Waals surface area (Å²) >= 11 is 2.25. The highest BCUT2D eigenvalue weighted by Crippen LogP contribution is 2.12. The van der Waals surface area contributed by atoms with Crippen molar-refractivity contribution in [3.8, 4) is 0 Å². The van der Waals surface area contributed by atoms with Crippen molar-refractivity contribution in [2.45, 2.75) is 57.8 Å². The van der Waals surface area contributed by atoms with Crippen LogP contribution < -0.4 is 0 Å². The summed E-state index contributed by atoms with van der Waals surface area (Å²) in [6, 6.07) is 0. The zero-order chi connectivity index (χ0) is 12.9. The van der Waals surface area contributed by atoms with Crippen molar-refractivity contribution in [1.82, 2.24) is 0 Å². The van der Waals surface area contributed by atoms with Gasteiger partial charge in [0.2, 0.25) is 0 Å². The molecule has 0 aromatic heterocycles. The van der Waals surface area contributed by atoms with Crippen LogP contribution in [0.2, 0.25) is 0 Å². The molecule has 0 amide bonds. The first kappa shape index (κ1) is 16.7. The molecular formula is C14H23IO2. The van der Waals surface area contributed by atoms with E-state index in [1.54, 1.807) is 0 Å². The number of rotatable bonds is 11. The van der Waals surface area contributed by atoms with Gasteiger partial charge in [0.15, 0.2) is 0 Å². The van der Waals surface area contributed by atoms with Gasteiger partial charge in [0.1, 0.15) is 0 Å². The number of hydrogen-bond acceptors (Lipinski definition) is 1. The van der Waals surface area contributed by atoms with Crippen LogP contribution in [0, 0.1) is 0 Å². The Morgan fingerprint density at radius 1 is 1.06 bits per heavy atom. The summed E-state index contributed by atoms with van der Waals surface area (Å²) in [5.41, 5.74) is 0.343. The second-order valence-corrected chi connectivity index (χ2v) is 5.00. The molecule has 1 N–H and O–H groups in total. The number of carbonyl (C=O) groups is 1. The van der Waals surface area contributed by atoms with E-state index in [1.807, 2.05) is 0 Å². The molecule has 0 saturated carbocycles. The third kappa shape index (κ3) is 11.9. The highest BCUT2D eigenvalue weighted by molar-refractivity contribution is 14.1. The van der Waals surface area contributed by atoms with Gasteiger partial charge in [-0.1, -0.05) is 67.3 Å². The van der Waals surface area contributed by atoms with Crippen molar-refractivity contribution < 1.29 is 9.90 Å². The van der Waals surface area contributed by atoms with E-state index in [0.717, 1.165) is 12.8 Å². The van der Waals surface area contributed by atoms with Crippen LogP contribution in [0.5, 0.6) is 0 Å². The molecule has 0 aromatic rings. The summed E-state index contributed by atoms with van der Waals surface area (Å²) < 4.78 is 2.08. The van der Waals surface area contributed by atoms with Crippen LogP contribution in [0.3, 0.4) is 0 Å². The Bertz CT molecular complexity index is 247. The summed E-state index contributed by atoms with van der Waals surface area (Å²) in [5, 5.41) is 8.62. The monoisotopic (exact) mass is 354 g/mol. The summed E-state index contributed by atoms with van der Waals surface area (Å²) in [6.07, 6.45) is 12.5. The maximum atomic E-state index is 10.5. The van der Waals surface area contributed by atoms with Gasteiger partial charge in [-0.2, -0.15) is 0 Å². The minimum atomic E-state index is -0.853. The molecule has 2 nitrogen and oxygen atoms in total. The molecule has 0 aliphatic rings. The summed E-state index contributed by atoms with van der Waals surface area (Å²) in [5.74, 6) is -0.853. The largest absolute Gasteiger partial charge is 0.478 e. The van der Waals surface area contributed by atoms with Gasteiger partial charge in [-0.05, 0) is 29.8 Å². The molecule has 0 aromatic carbocycles. The molecule has 0 aliphatic carbocycles. The number of carboxylic acids is 1. The van der Waals surface area contributed by atoms with Gasteiger partial charge < -0.3 is 5.11 Å². The highest BCUT2D eigenvalue weighted by Gasteiger charge is 2.02. The molecule has 0 unspecified atom stereocenters. The Hall–Kier alpha value is -0.320. The third-order valence-electron chi connectivity index (χ3n) is 2.74. The average Bonchev–Trinajstić information content (AvgIpc) is 2.31. The fourth-order valence-electron chi connectivity index (χ4n) is 1.65. The molecule has 0 radical (unpaired) electrons. The number of hydrogen-bond donors (Lipinski definition) is 1. The van der Waals surface area contributed by atoms with E-state index >= 15 is 0 Å². The molecule has 0 saturated heterocycles. The normalized spacial score (nSPS) is 10.9. The number of halogens is 1. The molecule has 0 fully saturated rings. The number of allylic oxidation sites excluding steroid dienone is 1. The Morgan fingerprint density at radius 2 is 1.59 bits per heavy atom. The Morgan fingerprint density at radius 3 is 2.12 bits per heavy atom.